The summed E-state index contributed by atoms with van der Waals surface area (Å²) in [6, 6.07) is 0.280. The lowest BCUT2D eigenvalue weighted by atomic mass is 10.2. The zero-order valence-corrected chi connectivity index (χ0v) is 12.0. The molecule has 2 unspecified atom stereocenters. The van der Waals surface area contributed by atoms with E-state index in [1.54, 1.807) is 4.90 Å². The van der Waals surface area contributed by atoms with Gasteiger partial charge in [-0.15, -0.1) is 0 Å². The van der Waals surface area contributed by atoms with Gasteiger partial charge in [-0.25, -0.2) is 0 Å². The number of nitrogens with one attached hydrogen (secondary N) is 1. The van der Waals surface area contributed by atoms with Crippen molar-refractivity contribution >= 4 is 29.4 Å². The Morgan fingerprint density at radius 2 is 2.25 bits per heavy atom. The minimum atomic E-state index is 0.200. The number of rotatable bonds is 5. The molecule has 0 spiro atoms. The predicted molar refractivity (Wildman–Crippen MR) is 74.3 cm³/mol. The summed E-state index contributed by atoms with van der Waals surface area (Å²) in [5.74, 6) is 4.00. The van der Waals surface area contributed by atoms with Crippen LogP contribution >= 0.6 is 23.5 Å². The average Bonchev–Trinajstić information content (AvgIpc) is 2.27. The van der Waals surface area contributed by atoms with Gasteiger partial charge in [0.1, 0.15) is 0 Å². The zero-order valence-electron chi connectivity index (χ0n) is 10.4. The smallest absolute Gasteiger partial charge is 0.223 e. The lowest BCUT2D eigenvalue weighted by Gasteiger charge is -2.23. The Labute approximate surface area is 107 Å². The summed E-state index contributed by atoms with van der Waals surface area (Å²) in [6.07, 6.45) is 0.595. The number of amides is 1. The van der Waals surface area contributed by atoms with E-state index in [2.05, 4.69) is 24.0 Å². The summed E-state index contributed by atoms with van der Waals surface area (Å²) in [6.45, 7) is 3.11. The van der Waals surface area contributed by atoms with Crippen LogP contribution in [0.4, 0.5) is 0 Å². The van der Waals surface area contributed by atoms with Crippen LogP contribution in [0.25, 0.3) is 0 Å². The van der Waals surface area contributed by atoms with E-state index in [1.807, 2.05) is 25.9 Å². The number of carbonyl (C=O) groups is 1. The van der Waals surface area contributed by atoms with E-state index in [0.717, 1.165) is 11.8 Å². The fourth-order valence-electron chi connectivity index (χ4n) is 1.50. The second-order valence-electron chi connectivity index (χ2n) is 4.37. The Morgan fingerprint density at radius 3 is 2.81 bits per heavy atom. The van der Waals surface area contributed by atoms with E-state index in [4.69, 9.17) is 0 Å². The fourth-order valence-corrected chi connectivity index (χ4v) is 4.13. The van der Waals surface area contributed by atoms with Crippen molar-refractivity contribution in [2.45, 2.75) is 24.6 Å². The quantitative estimate of drug-likeness (QED) is 0.809. The van der Waals surface area contributed by atoms with Crippen LogP contribution in [0.5, 0.6) is 0 Å². The van der Waals surface area contributed by atoms with Crippen LogP contribution in [-0.4, -0.2) is 60.0 Å². The van der Waals surface area contributed by atoms with E-state index in [-0.39, 0.29) is 11.9 Å². The van der Waals surface area contributed by atoms with Gasteiger partial charge in [0.15, 0.2) is 0 Å². The first-order valence-corrected chi connectivity index (χ1v) is 7.93. The summed E-state index contributed by atoms with van der Waals surface area (Å²) >= 11 is 4.09. The third-order valence-electron chi connectivity index (χ3n) is 2.56. The molecule has 0 aromatic rings. The molecule has 94 valence electrons. The van der Waals surface area contributed by atoms with Gasteiger partial charge in [-0.1, -0.05) is 0 Å². The lowest BCUT2D eigenvalue weighted by Crippen LogP contribution is -2.38. The molecule has 1 saturated heterocycles. The highest BCUT2D eigenvalue weighted by molar-refractivity contribution is 8.06. The molecule has 3 nitrogen and oxygen atoms in total. The maximum Gasteiger partial charge on any atom is 0.223 e. The molecule has 0 aromatic carbocycles. The Balaban J connectivity index is 2.13. The largest absolute Gasteiger partial charge is 0.349 e. The van der Waals surface area contributed by atoms with Crippen LogP contribution in [-0.2, 0) is 4.79 Å². The molecular weight excluding hydrogens is 240 g/mol. The minimum absolute atomic E-state index is 0.200. The SMILES string of the molecule is CC(CC(=O)N(C)C)NCC1CSCCS1. The molecular formula is C11H22N2OS2. The first-order valence-electron chi connectivity index (χ1n) is 5.72. The first-order chi connectivity index (χ1) is 7.59. The molecule has 1 aliphatic heterocycles. The number of carbonyl (C=O) groups excluding carboxylic acids is 1. The van der Waals surface area contributed by atoms with Crippen LogP contribution in [0.1, 0.15) is 13.3 Å². The maximum atomic E-state index is 11.5. The molecule has 0 bridgehead atoms. The number of thioether (sulfide) groups is 2. The van der Waals surface area contributed by atoms with E-state index >= 15 is 0 Å². The van der Waals surface area contributed by atoms with Crippen molar-refractivity contribution in [1.82, 2.24) is 10.2 Å². The Morgan fingerprint density at radius 1 is 1.50 bits per heavy atom. The molecule has 16 heavy (non-hydrogen) atoms. The highest BCUT2D eigenvalue weighted by atomic mass is 32.2. The van der Waals surface area contributed by atoms with Crippen molar-refractivity contribution < 1.29 is 4.79 Å². The first kappa shape index (κ1) is 14.2. The van der Waals surface area contributed by atoms with E-state index < -0.39 is 0 Å². The summed E-state index contributed by atoms with van der Waals surface area (Å²) in [5, 5.41) is 4.17. The van der Waals surface area contributed by atoms with Crippen LogP contribution in [0.15, 0.2) is 0 Å². The molecule has 2 atom stereocenters. The van der Waals surface area contributed by atoms with E-state index in [9.17, 15) is 4.79 Å². The van der Waals surface area contributed by atoms with Crippen molar-refractivity contribution in [2.75, 3.05) is 37.9 Å². The molecule has 0 aliphatic carbocycles. The highest BCUT2D eigenvalue weighted by Gasteiger charge is 2.16. The highest BCUT2D eigenvalue weighted by Crippen LogP contribution is 2.23. The average molecular weight is 262 g/mol. The Bertz CT molecular complexity index is 218. The van der Waals surface area contributed by atoms with Crippen LogP contribution in [0.3, 0.4) is 0 Å². The van der Waals surface area contributed by atoms with Gasteiger partial charge in [0.25, 0.3) is 0 Å². The van der Waals surface area contributed by atoms with Crippen molar-refractivity contribution in [1.29, 1.82) is 0 Å². The summed E-state index contributed by atoms with van der Waals surface area (Å²) in [5.41, 5.74) is 0. The molecule has 5 heteroatoms. The maximum absolute atomic E-state index is 11.5. The van der Waals surface area contributed by atoms with Gasteiger partial charge in [-0.2, -0.15) is 23.5 Å². The van der Waals surface area contributed by atoms with Crippen molar-refractivity contribution in [2.24, 2.45) is 0 Å². The van der Waals surface area contributed by atoms with Gasteiger partial charge < -0.3 is 10.2 Å². The summed E-state index contributed by atoms with van der Waals surface area (Å²) in [7, 11) is 3.62. The van der Waals surface area contributed by atoms with Gasteiger partial charge in [-0.05, 0) is 6.92 Å². The van der Waals surface area contributed by atoms with Gasteiger partial charge in [0.05, 0.1) is 0 Å². The Hall–Kier alpha value is 0.130. The van der Waals surface area contributed by atoms with Gasteiger partial charge >= 0.3 is 0 Å². The molecule has 1 fully saturated rings. The molecule has 1 amide bonds. The van der Waals surface area contributed by atoms with E-state index in [1.165, 1.54) is 17.3 Å². The van der Waals surface area contributed by atoms with Crippen LogP contribution in [0, 0.1) is 0 Å². The van der Waals surface area contributed by atoms with Gasteiger partial charge in [0, 0.05) is 55.6 Å². The minimum Gasteiger partial charge on any atom is -0.349 e. The number of hydrogen-bond acceptors (Lipinski definition) is 4. The molecule has 1 aliphatic rings. The molecule has 0 saturated carbocycles. The molecule has 1 heterocycles. The van der Waals surface area contributed by atoms with Crippen LogP contribution < -0.4 is 5.32 Å². The standard InChI is InChI=1S/C11H22N2OS2/c1-9(6-11(14)13(2)3)12-7-10-8-15-4-5-16-10/h9-10,12H,4-8H2,1-3H3. The topological polar surface area (TPSA) is 32.3 Å². The molecule has 0 aromatic heterocycles. The third kappa shape index (κ3) is 5.46. The predicted octanol–water partition coefficient (Wildman–Crippen LogP) is 1.29. The number of nitrogens with zero attached hydrogens (tertiary/aromatic N) is 1. The monoisotopic (exact) mass is 262 g/mol. The number of hydrogen-bond donors (Lipinski definition) is 1. The van der Waals surface area contributed by atoms with Crippen molar-refractivity contribution in [3.8, 4) is 0 Å². The third-order valence-corrected chi connectivity index (χ3v) is 5.40. The van der Waals surface area contributed by atoms with Gasteiger partial charge in [0.2, 0.25) is 5.91 Å². The molecule has 1 N–H and O–H groups in total. The lowest BCUT2D eigenvalue weighted by molar-refractivity contribution is -0.129. The van der Waals surface area contributed by atoms with Crippen molar-refractivity contribution in [3.63, 3.8) is 0 Å². The van der Waals surface area contributed by atoms with Crippen molar-refractivity contribution in [3.05, 3.63) is 0 Å². The van der Waals surface area contributed by atoms with E-state index in [0.29, 0.717) is 6.42 Å². The second-order valence-corrected chi connectivity index (χ2v) is 6.93. The summed E-state index contributed by atoms with van der Waals surface area (Å²) < 4.78 is 0. The van der Waals surface area contributed by atoms with Crippen LogP contribution in [0.2, 0.25) is 0 Å². The normalized spacial score (nSPS) is 22.8. The fraction of sp³-hybridized carbons (Fsp3) is 0.909. The van der Waals surface area contributed by atoms with Gasteiger partial charge in [-0.3, -0.25) is 4.79 Å². The molecule has 0 radical (unpaired) electrons. The molecule has 1 rings (SSSR count). The zero-order chi connectivity index (χ0) is 12.0. The summed E-state index contributed by atoms with van der Waals surface area (Å²) in [4.78, 5) is 13.1. The Kier molecular flexibility index (Phi) is 6.61. The second kappa shape index (κ2) is 7.45.